The molecule has 0 aliphatic carbocycles. The third-order valence-corrected chi connectivity index (χ3v) is 4.20. The number of nitrogens with two attached hydrogens (primary N) is 1. The average Bonchev–Trinajstić information content (AvgIpc) is 2.61. The molecule has 8 heteroatoms. The number of nitrogens with one attached hydrogen (secondary N) is 1. The Hall–Kier alpha value is -2.41. The summed E-state index contributed by atoms with van der Waals surface area (Å²) in [4.78, 5) is 28.6. The number of aldehydes is 1. The van der Waals surface area contributed by atoms with Crippen molar-refractivity contribution < 1.29 is 14.3 Å². The zero-order valence-corrected chi connectivity index (χ0v) is 14.0. The zero-order chi connectivity index (χ0) is 17.7. The topological polar surface area (TPSA) is 109 Å². The fraction of sp³-hybridized carbons (Fsp3) is 0.375. The van der Waals surface area contributed by atoms with Crippen LogP contribution in [0.2, 0.25) is 5.02 Å². The van der Waals surface area contributed by atoms with Gasteiger partial charge in [-0.05, 0) is 18.9 Å². The lowest BCUT2D eigenvalue weighted by molar-refractivity contribution is -0.126. The van der Waals surface area contributed by atoms with E-state index in [0.29, 0.717) is 42.4 Å². The number of aromatic nitrogens is 1. The van der Waals surface area contributed by atoms with Crippen LogP contribution in [-0.2, 0) is 9.59 Å². The Bertz CT molecular complexity index is 682. The summed E-state index contributed by atoms with van der Waals surface area (Å²) in [5.41, 5.74) is 6.36. The minimum absolute atomic E-state index is 0.00747. The molecule has 128 valence electrons. The molecule has 7 nitrogen and oxygen atoms in total. The summed E-state index contributed by atoms with van der Waals surface area (Å²) in [6.07, 6.45) is 4.83. The number of carbonyl (C=O) groups is 2. The van der Waals surface area contributed by atoms with Crippen molar-refractivity contribution in [1.29, 1.82) is 5.41 Å². The van der Waals surface area contributed by atoms with E-state index in [9.17, 15) is 9.59 Å². The number of likely N-dealkylation sites (tertiary alicyclic amines) is 1. The van der Waals surface area contributed by atoms with Gasteiger partial charge >= 0.3 is 0 Å². The molecular weight excluding hydrogens is 332 g/mol. The highest BCUT2D eigenvalue weighted by Gasteiger charge is 2.24. The SMILES string of the molecule is COc1cc(/C(N)=C/C(=N)C(=O)N2CCC(C=O)CC2)c(Cl)cn1. The quantitative estimate of drug-likeness (QED) is 0.617. The van der Waals surface area contributed by atoms with E-state index >= 15 is 0 Å². The average molecular weight is 351 g/mol. The Balaban J connectivity index is 2.11. The highest BCUT2D eigenvalue weighted by atomic mass is 35.5. The first-order valence-corrected chi connectivity index (χ1v) is 7.84. The Kier molecular flexibility index (Phi) is 5.92. The van der Waals surface area contributed by atoms with Crippen LogP contribution in [0.4, 0.5) is 0 Å². The molecule has 0 aromatic carbocycles. The van der Waals surface area contributed by atoms with Gasteiger partial charge in [0, 0.05) is 36.3 Å². The minimum Gasteiger partial charge on any atom is -0.481 e. The van der Waals surface area contributed by atoms with Crippen LogP contribution in [0.1, 0.15) is 18.4 Å². The van der Waals surface area contributed by atoms with Crippen molar-refractivity contribution in [1.82, 2.24) is 9.88 Å². The van der Waals surface area contributed by atoms with E-state index < -0.39 is 5.91 Å². The molecule has 0 atom stereocenters. The molecule has 1 aromatic rings. The maximum absolute atomic E-state index is 12.3. The summed E-state index contributed by atoms with van der Waals surface area (Å²) in [5, 5.41) is 8.27. The predicted octanol–water partition coefficient (Wildman–Crippen LogP) is 1.50. The molecule has 1 aliphatic heterocycles. The number of methoxy groups -OCH3 is 1. The molecule has 3 N–H and O–H groups in total. The van der Waals surface area contributed by atoms with Crippen LogP contribution in [0.5, 0.6) is 5.88 Å². The molecule has 0 unspecified atom stereocenters. The fourth-order valence-corrected chi connectivity index (χ4v) is 2.67. The highest BCUT2D eigenvalue weighted by Crippen LogP contribution is 2.24. The first-order valence-electron chi connectivity index (χ1n) is 7.46. The maximum Gasteiger partial charge on any atom is 0.271 e. The molecule has 1 aliphatic rings. The van der Waals surface area contributed by atoms with E-state index in [1.807, 2.05) is 0 Å². The number of amides is 1. The summed E-state index contributed by atoms with van der Waals surface area (Å²) in [6, 6.07) is 1.54. The molecular formula is C16H19ClN4O3. The van der Waals surface area contributed by atoms with Crippen molar-refractivity contribution in [3.8, 4) is 5.88 Å². The molecule has 0 bridgehead atoms. The number of hydrogen-bond donors (Lipinski definition) is 2. The summed E-state index contributed by atoms with van der Waals surface area (Å²) in [5.74, 6) is -0.0917. The van der Waals surface area contributed by atoms with Gasteiger partial charge in [0.25, 0.3) is 5.91 Å². The monoisotopic (exact) mass is 350 g/mol. The van der Waals surface area contributed by atoms with Crippen LogP contribution in [0.3, 0.4) is 0 Å². The molecule has 0 spiro atoms. The standard InChI is InChI=1S/C16H19ClN4O3/c1-24-15-6-11(12(17)8-20-15)13(18)7-14(19)16(23)21-4-2-10(9-22)3-5-21/h6-10,19H,2-5,18H2,1H3/b13-7-,19-14?. The first kappa shape index (κ1) is 17.9. The molecule has 0 radical (unpaired) electrons. The second-order valence-electron chi connectivity index (χ2n) is 5.49. The molecule has 1 aromatic heterocycles. The van der Waals surface area contributed by atoms with Crippen molar-refractivity contribution in [2.45, 2.75) is 12.8 Å². The van der Waals surface area contributed by atoms with Gasteiger partial charge in [0.2, 0.25) is 5.88 Å². The molecule has 1 fully saturated rings. The van der Waals surface area contributed by atoms with Gasteiger partial charge in [-0.3, -0.25) is 10.2 Å². The smallest absolute Gasteiger partial charge is 0.271 e. The summed E-state index contributed by atoms with van der Waals surface area (Å²) in [6.45, 7) is 0.921. The van der Waals surface area contributed by atoms with Crippen molar-refractivity contribution in [2.75, 3.05) is 20.2 Å². The lowest BCUT2D eigenvalue weighted by Gasteiger charge is -2.29. The Morgan fingerprint density at radius 3 is 2.75 bits per heavy atom. The van der Waals surface area contributed by atoms with Crippen molar-refractivity contribution in [3.63, 3.8) is 0 Å². The number of halogens is 1. The minimum atomic E-state index is -0.417. The second-order valence-corrected chi connectivity index (χ2v) is 5.89. The van der Waals surface area contributed by atoms with E-state index in [4.69, 9.17) is 27.5 Å². The van der Waals surface area contributed by atoms with Crippen LogP contribution in [0.15, 0.2) is 18.3 Å². The third-order valence-electron chi connectivity index (χ3n) is 3.90. The van der Waals surface area contributed by atoms with E-state index in [1.54, 1.807) is 11.0 Å². The largest absolute Gasteiger partial charge is 0.481 e. The number of pyridine rings is 1. The van der Waals surface area contributed by atoms with Crippen LogP contribution in [0.25, 0.3) is 5.70 Å². The van der Waals surface area contributed by atoms with E-state index in [-0.39, 0.29) is 17.3 Å². The number of ether oxygens (including phenoxy) is 1. The Morgan fingerprint density at radius 1 is 1.50 bits per heavy atom. The Labute approximate surface area is 144 Å². The van der Waals surface area contributed by atoms with Gasteiger partial charge in [0.1, 0.15) is 12.0 Å². The van der Waals surface area contributed by atoms with Gasteiger partial charge < -0.3 is 20.2 Å². The maximum atomic E-state index is 12.3. The number of hydrogen-bond acceptors (Lipinski definition) is 6. The lowest BCUT2D eigenvalue weighted by atomic mass is 9.98. The Morgan fingerprint density at radius 2 is 2.17 bits per heavy atom. The van der Waals surface area contributed by atoms with Crippen molar-refractivity contribution in [2.24, 2.45) is 11.7 Å². The van der Waals surface area contributed by atoms with Crippen LogP contribution >= 0.6 is 11.6 Å². The number of piperidine rings is 1. The highest BCUT2D eigenvalue weighted by molar-refractivity contribution is 6.43. The van der Waals surface area contributed by atoms with Gasteiger partial charge in [-0.2, -0.15) is 0 Å². The number of rotatable bonds is 5. The van der Waals surface area contributed by atoms with Crippen molar-refractivity contribution >= 4 is 35.2 Å². The summed E-state index contributed by atoms with van der Waals surface area (Å²) < 4.78 is 5.02. The molecule has 2 rings (SSSR count). The third kappa shape index (κ3) is 4.11. The van der Waals surface area contributed by atoms with E-state index in [2.05, 4.69) is 4.98 Å². The first-order chi connectivity index (χ1) is 11.5. The van der Waals surface area contributed by atoms with Crippen molar-refractivity contribution in [3.05, 3.63) is 28.9 Å². The lowest BCUT2D eigenvalue weighted by Crippen LogP contribution is -2.41. The summed E-state index contributed by atoms with van der Waals surface area (Å²) >= 11 is 6.05. The molecule has 1 saturated heterocycles. The van der Waals surface area contributed by atoms with Crippen LogP contribution < -0.4 is 10.5 Å². The van der Waals surface area contributed by atoms with Gasteiger partial charge in [-0.25, -0.2) is 4.98 Å². The van der Waals surface area contributed by atoms with Gasteiger partial charge in [-0.15, -0.1) is 0 Å². The van der Waals surface area contributed by atoms with Gasteiger partial charge in [0.05, 0.1) is 18.3 Å². The van der Waals surface area contributed by atoms with Crippen LogP contribution in [0, 0.1) is 11.3 Å². The molecule has 1 amide bonds. The molecule has 2 heterocycles. The van der Waals surface area contributed by atoms with Gasteiger partial charge in [0.15, 0.2) is 0 Å². The number of nitrogens with zero attached hydrogens (tertiary/aromatic N) is 2. The molecule has 0 saturated carbocycles. The normalized spacial score (nSPS) is 15.9. The molecule has 24 heavy (non-hydrogen) atoms. The second kappa shape index (κ2) is 7.92. The number of carbonyl (C=O) groups excluding carboxylic acids is 2. The van der Waals surface area contributed by atoms with E-state index in [1.165, 1.54) is 19.4 Å². The predicted molar refractivity (Wildman–Crippen MR) is 91.1 cm³/mol. The zero-order valence-electron chi connectivity index (χ0n) is 13.3. The summed E-state index contributed by atoms with van der Waals surface area (Å²) in [7, 11) is 1.47. The van der Waals surface area contributed by atoms with Crippen LogP contribution in [-0.4, -0.2) is 48.0 Å². The van der Waals surface area contributed by atoms with E-state index in [0.717, 1.165) is 6.29 Å². The fourth-order valence-electron chi connectivity index (χ4n) is 2.46. The van der Waals surface area contributed by atoms with Gasteiger partial charge in [-0.1, -0.05) is 11.6 Å².